The summed E-state index contributed by atoms with van der Waals surface area (Å²) < 4.78 is 5.10. The molecular weight excluding hydrogens is 268 g/mol. The van der Waals surface area contributed by atoms with Gasteiger partial charge in [0.05, 0.1) is 12.0 Å². The molecule has 0 N–H and O–H groups in total. The van der Waals surface area contributed by atoms with Crippen LogP contribution in [0.1, 0.15) is 34.6 Å². The molecule has 0 amide bonds. The van der Waals surface area contributed by atoms with E-state index < -0.39 is 0 Å². The van der Waals surface area contributed by atoms with Gasteiger partial charge in [-0.2, -0.15) is 0 Å². The summed E-state index contributed by atoms with van der Waals surface area (Å²) in [5.74, 6) is 0. The first-order valence-corrected chi connectivity index (χ1v) is 7.49. The molecule has 0 aliphatic heterocycles. The molecule has 1 atom stereocenters. The molecule has 0 bridgehead atoms. The van der Waals surface area contributed by atoms with Crippen LogP contribution >= 0.6 is 11.6 Å². The summed E-state index contributed by atoms with van der Waals surface area (Å²) in [4.78, 5) is 0. The molecule has 1 nitrogen and oxygen atoms in total. The fourth-order valence-electron chi connectivity index (χ4n) is 2.36. The topological polar surface area (TPSA) is 9.23 Å². The van der Waals surface area contributed by atoms with Crippen LogP contribution in [0, 0.1) is 0 Å². The molecule has 2 heteroatoms. The molecule has 0 aliphatic rings. The fourth-order valence-corrected chi connectivity index (χ4v) is 2.71. The zero-order valence-corrected chi connectivity index (χ0v) is 12.9. The molecule has 0 saturated carbocycles. The minimum atomic E-state index is -0.0809. The van der Waals surface area contributed by atoms with Crippen LogP contribution in [0.15, 0.2) is 48.5 Å². The minimum Gasteiger partial charge on any atom is -0.384 e. The SMILES string of the molecule is CCc1ccccc1C(Cl)c1ccc(CCOC)cc1. The number of halogens is 1. The van der Waals surface area contributed by atoms with E-state index in [9.17, 15) is 0 Å². The maximum absolute atomic E-state index is 6.65. The molecule has 20 heavy (non-hydrogen) atoms. The van der Waals surface area contributed by atoms with E-state index in [-0.39, 0.29) is 5.38 Å². The minimum absolute atomic E-state index is 0.0809. The van der Waals surface area contributed by atoms with Crippen LogP contribution < -0.4 is 0 Å². The Kier molecular flexibility index (Phi) is 5.63. The number of hydrogen-bond donors (Lipinski definition) is 0. The van der Waals surface area contributed by atoms with Crippen LogP contribution in [0.25, 0.3) is 0 Å². The lowest BCUT2D eigenvalue weighted by molar-refractivity contribution is 0.202. The third-order valence-corrected chi connectivity index (χ3v) is 4.06. The average molecular weight is 289 g/mol. The van der Waals surface area contributed by atoms with E-state index in [4.69, 9.17) is 16.3 Å². The molecule has 106 valence electrons. The highest BCUT2D eigenvalue weighted by Crippen LogP contribution is 2.31. The zero-order valence-electron chi connectivity index (χ0n) is 12.1. The number of hydrogen-bond acceptors (Lipinski definition) is 1. The fraction of sp³-hybridized carbons (Fsp3) is 0.333. The molecule has 0 radical (unpaired) electrons. The lowest BCUT2D eigenvalue weighted by Crippen LogP contribution is -1.99. The van der Waals surface area contributed by atoms with Gasteiger partial charge in [0.25, 0.3) is 0 Å². The van der Waals surface area contributed by atoms with E-state index in [1.54, 1.807) is 7.11 Å². The molecule has 0 aromatic heterocycles. The molecule has 2 aromatic carbocycles. The monoisotopic (exact) mass is 288 g/mol. The number of ether oxygens (including phenoxy) is 1. The van der Waals surface area contributed by atoms with Crippen molar-refractivity contribution in [2.75, 3.05) is 13.7 Å². The third-order valence-electron chi connectivity index (χ3n) is 3.58. The van der Waals surface area contributed by atoms with Crippen LogP contribution in [0.2, 0.25) is 0 Å². The number of benzene rings is 2. The van der Waals surface area contributed by atoms with E-state index in [0.29, 0.717) is 0 Å². The summed E-state index contributed by atoms with van der Waals surface area (Å²) in [6.07, 6.45) is 1.95. The number of rotatable bonds is 6. The van der Waals surface area contributed by atoms with Gasteiger partial charge in [0.1, 0.15) is 0 Å². The van der Waals surface area contributed by atoms with Crippen LogP contribution in [0.5, 0.6) is 0 Å². The summed E-state index contributed by atoms with van der Waals surface area (Å²) in [5, 5.41) is -0.0809. The standard InChI is InChI=1S/C18H21ClO/c1-3-15-6-4-5-7-17(15)18(19)16-10-8-14(9-11-16)12-13-20-2/h4-11,18H,3,12-13H2,1-2H3. The number of methoxy groups -OCH3 is 1. The van der Waals surface area contributed by atoms with Crippen molar-refractivity contribution in [3.63, 3.8) is 0 Å². The van der Waals surface area contributed by atoms with Gasteiger partial charge < -0.3 is 4.74 Å². The molecule has 0 spiro atoms. The van der Waals surface area contributed by atoms with Crippen molar-refractivity contribution in [3.05, 3.63) is 70.8 Å². The second kappa shape index (κ2) is 7.47. The lowest BCUT2D eigenvalue weighted by atomic mass is 9.97. The Hall–Kier alpha value is -1.31. The molecule has 0 saturated heterocycles. The van der Waals surface area contributed by atoms with Gasteiger partial charge in [-0.05, 0) is 35.1 Å². The Morgan fingerprint density at radius 2 is 1.75 bits per heavy atom. The first-order chi connectivity index (χ1) is 9.76. The maximum Gasteiger partial charge on any atom is 0.0838 e. The van der Waals surface area contributed by atoms with Gasteiger partial charge in [-0.1, -0.05) is 55.5 Å². The van der Waals surface area contributed by atoms with E-state index >= 15 is 0 Å². The van der Waals surface area contributed by atoms with E-state index in [1.165, 1.54) is 16.7 Å². The van der Waals surface area contributed by atoms with Crippen LogP contribution in [-0.4, -0.2) is 13.7 Å². The first-order valence-electron chi connectivity index (χ1n) is 7.06. The highest BCUT2D eigenvalue weighted by atomic mass is 35.5. The average Bonchev–Trinajstić information content (AvgIpc) is 2.52. The summed E-state index contributed by atoms with van der Waals surface area (Å²) >= 11 is 6.65. The van der Waals surface area contributed by atoms with Gasteiger partial charge in [0.2, 0.25) is 0 Å². The Morgan fingerprint density at radius 1 is 1.05 bits per heavy atom. The summed E-state index contributed by atoms with van der Waals surface area (Å²) in [6.45, 7) is 2.92. The quantitative estimate of drug-likeness (QED) is 0.696. The highest BCUT2D eigenvalue weighted by molar-refractivity contribution is 6.22. The lowest BCUT2D eigenvalue weighted by Gasteiger charge is -2.15. The van der Waals surface area contributed by atoms with Gasteiger partial charge in [-0.25, -0.2) is 0 Å². The number of alkyl halides is 1. The largest absolute Gasteiger partial charge is 0.384 e. The Morgan fingerprint density at radius 3 is 2.40 bits per heavy atom. The highest BCUT2D eigenvalue weighted by Gasteiger charge is 2.13. The maximum atomic E-state index is 6.65. The van der Waals surface area contributed by atoms with Gasteiger partial charge in [0.15, 0.2) is 0 Å². The van der Waals surface area contributed by atoms with Gasteiger partial charge in [-0.15, -0.1) is 11.6 Å². The Bertz CT molecular complexity index is 533. The van der Waals surface area contributed by atoms with Crippen molar-refractivity contribution in [2.24, 2.45) is 0 Å². The Labute approximate surface area is 126 Å². The first kappa shape index (κ1) is 15.1. The van der Waals surface area contributed by atoms with Crippen molar-refractivity contribution in [1.82, 2.24) is 0 Å². The Balaban J connectivity index is 2.18. The van der Waals surface area contributed by atoms with E-state index in [0.717, 1.165) is 25.0 Å². The normalized spacial score (nSPS) is 12.3. The van der Waals surface area contributed by atoms with Crippen molar-refractivity contribution < 1.29 is 4.74 Å². The smallest absolute Gasteiger partial charge is 0.0838 e. The molecule has 0 heterocycles. The second-order valence-electron chi connectivity index (χ2n) is 4.90. The molecule has 2 rings (SSSR count). The van der Waals surface area contributed by atoms with Crippen molar-refractivity contribution in [2.45, 2.75) is 25.1 Å². The van der Waals surface area contributed by atoms with Crippen LogP contribution in [-0.2, 0) is 17.6 Å². The number of aryl methyl sites for hydroxylation is 1. The van der Waals surface area contributed by atoms with Gasteiger partial charge in [-0.3, -0.25) is 0 Å². The molecule has 0 fully saturated rings. The summed E-state index contributed by atoms with van der Waals surface area (Å²) in [5.41, 5.74) is 4.95. The van der Waals surface area contributed by atoms with E-state index in [1.807, 2.05) is 0 Å². The van der Waals surface area contributed by atoms with E-state index in [2.05, 4.69) is 55.5 Å². The van der Waals surface area contributed by atoms with Crippen molar-refractivity contribution in [1.29, 1.82) is 0 Å². The second-order valence-corrected chi connectivity index (χ2v) is 5.34. The zero-order chi connectivity index (χ0) is 14.4. The van der Waals surface area contributed by atoms with Crippen molar-refractivity contribution >= 4 is 11.6 Å². The molecular formula is C18H21ClO. The van der Waals surface area contributed by atoms with Gasteiger partial charge >= 0.3 is 0 Å². The summed E-state index contributed by atoms with van der Waals surface area (Å²) in [6, 6.07) is 16.9. The molecule has 2 aromatic rings. The molecule has 1 unspecified atom stereocenters. The van der Waals surface area contributed by atoms with Gasteiger partial charge in [0, 0.05) is 7.11 Å². The third kappa shape index (κ3) is 3.62. The summed E-state index contributed by atoms with van der Waals surface area (Å²) in [7, 11) is 1.73. The van der Waals surface area contributed by atoms with Crippen molar-refractivity contribution in [3.8, 4) is 0 Å². The van der Waals surface area contributed by atoms with Crippen LogP contribution in [0.4, 0.5) is 0 Å². The van der Waals surface area contributed by atoms with Crippen LogP contribution in [0.3, 0.4) is 0 Å². The predicted molar refractivity (Wildman–Crippen MR) is 85.5 cm³/mol. The molecule has 0 aliphatic carbocycles. The predicted octanol–water partition coefficient (Wildman–Crippen LogP) is 4.77.